The van der Waals surface area contributed by atoms with Crippen LogP contribution in [0.5, 0.6) is 0 Å². The zero-order valence-corrected chi connectivity index (χ0v) is 7.71. The lowest BCUT2D eigenvalue weighted by Gasteiger charge is -1.96. The number of imidazole rings is 1. The molecule has 0 atom stereocenters. The fourth-order valence-electron chi connectivity index (χ4n) is 1.22. The molecule has 1 heterocycles. The Balaban J connectivity index is 2.44. The minimum Gasteiger partial charge on any atom is -0.399 e. The summed E-state index contributed by atoms with van der Waals surface area (Å²) >= 11 is 0. The molecule has 72 valence electrons. The van der Waals surface area contributed by atoms with Gasteiger partial charge in [-0.1, -0.05) is 0 Å². The minimum absolute atomic E-state index is 0.442. The Morgan fingerprint density at radius 1 is 1.29 bits per heavy atom. The number of hydrogen-bond donors (Lipinski definition) is 2. The lowest BCUT2D eigenvalue weighted by Crippen LogP contribution is -1.85. The number of nitrogens with two attached hydrogens (primary N) is 1. The summed E-state index contributed by atoms with van der Waals surface area (Å²) in [4.78, 5) is 6.60. The van der Waals surface area contributed by atoms with Crippen LogP contribution in [0.15, 0.2) is 24.3 Å². The van der Waals surface area contributed by atoms with Crippen molar-refractivity contribution in [1.29, 1.82) is 0 Å². The maximum atomic E-state index is 12.9. The van der Waals surface area contributed by atoms with Crippen LogP contribution in [0, 0.1) is 12.9 Å². The quantitative estimate of drug-likeness (QED) is 0.678. The molecule has 1 aromatic carbocycles. The summed E-state index contributed by atoms with van der Waals surface area (Å²) in [5.74, 6) is 0.0665. The van der Waals surface area contributed by atoms with Gasteiger partial charge in [-0.05, 0) is 31.2 Å². The monoisotopic (exact) mass is 191 g/mol. The molecule has 2 aromatic rings. The average Bonchev–Trinajstić information content (AvgIpc) is 2.48. The highest BCUT2D eigenvalue weighted by Crippen LogP contribution is 2.18. The maximum absolute atomic E-state index is 12.9. The van der Waals surface area contributed by atoms with E-state index in [9.17, 15) is 4.39 Å². The van der Waals surface area contributed by atoms with Crippen LogP contribution in [0.2, 0.25) is 0 Å². The molecule has 0 aliphatic heterocycles. The Labute approximate surface area is 80.8 Å². The molecule has 14 heavy (non-hydrogen) atoms. The molecule has 0 fully saturated rings. The smallest absolute Gasteiger partial charge is 0.234 e. The van der Waals surface area contributed by atoms with E-state index in [-0.39, 0.29) is 0 Å². The summed E-state index contributed by atoms with van der Waals surface area (Å²) in [7, 11) is 0. The first-order valence-electron chi connectivity index (χ1n) is 4.25. The summed E-state index contributed by atoms with van der Waals surface area (Å²) < 4.78 is 12.9. The van der Waals surface area contributed by atoms with Crippen molar-refractivity contribution < 1.29 is 4.39 Å². The normalized spacial score (nSPS) is 10.4. The van der Waals surface area contributed by atoms with Crippen LogP contribution in [0.25, 0.3) is 11.4 Å². The number of aromatic amines is 1. The molecule has 1 aromatic heterocycles. The van der Waals surface area contributed by atoms with Crippen molar-refractivity contribution in [2.24, 2.45) is 0 Å². The number of anilines is 1. The van der Waals surface area contributed by atoms with E-state index in [1.807, 2.05) is 0 Å². The van der Waals surface area contributed by atoms with E-state index < -0.39 is 5.95 Å². The van der Waals surface area contributed by atoms with Gasteiger partial charge in [-0.15, -0.1) is 0 Å². The average molecular weight is 191 g/mol. The molecule has 0 spiro atoms. The van der Waals surface area contributed by atoms with E-state index in [2.05, 4.69) is 9.97 Å². The van der Waals surface area contributed by atoms with Crippen LogP contribution >= 0.6 is 0 Å². The van der Waals surface area contributed by atoms with Crippen LogP contribution in [0.1, 0.15) is 5.69 Å². The lowest BCUT2D eigenvalue weighted by atomic mass is 10.2. The second-order valence-corrected chi connectivity index (χ2v) is 3.12. The Morgan fingerprint density at radius 3 is 2.43 bits per heavy atom. The van der Waals surface area contributed by atoms with Crippen LogP contribution in [-0.2, 0) is 0 Å². The largest absolute Gasteiger partial charge is 0.399 e. The van der Waals surface area contributed by atoms with Gasteiger partial charge in [0.1, 0.15) is 5.82 Å². The van der Waals surface area contributed by atoms with Gasteiger partial charge >= 0.3 is 0 Å². The number of nitrogens with zero attached hydrogens (tertiary/aromatic N) is 1. The summed E-state index contributed by atoms with van der Waals surface area (Å²) in [6, 6.07) is 7.11. The molecule has 0 bridgehead atoms. The zero-order chi connectivity index (χ0) is 10.1. The van der Waals surface area contributed by atoms with Gasteiger partial charge < -0.3 is 10.7 Å². The summed E-state index contributed by atoms with van der Waals surface area (Å²) in [5.41, 5.74) is 7.48. The third kappa shape index (κ3) is 1.46. The van der Waals surface area contributed by atoms with Gasteiger partial charge in [-0.2, -0.15) is 4.39 Å². The van der Waals surface area contributed by atoms with E-state index in [0.29, 0.717) is 17.2 Å². The van der Waals surface area contributed by atoms with E-state index >= 15 is 0 Å². The van der Waals surface area contributed by atoms with Crippen molar-refractivity contribution in [3.05, 3.63) is 35.9 Å². The summed E-state index contributed by atoms with van der Waals surface area (Å²) in [6.07, 6.45) is 0. The third-order valence-electron chi connectivity index (χ3n) is 2.01. The van der Waals surface area contributed by atoms with Gasteiger partial charge in [-0.3, -0.25) is 0 Å². The number of hydrogen-bond acceptors (Lipinski definition) is 2. The van der Waals surface area contributed by atoms with E-state index in [4.69, 9.17) is 5.73 Å². The highest BCUT2D eigenvalue weighted by Gasteiger charge is 2.06. The molecule has 0 saturated carbocycles. The molecule has 0 amide bonds. The SMILES string of the molecule is Cc1[nH]c(-c2ccc(N)cc2)nc1F. The predicted octanol–water partition coefficient (Wildman–Crippen LogP) is 2.11. The first-order valence-corrected chi connectivity index (χ1v) is 4.25. The number of rotatable bonds is 1. The van der Waals surface area contributed by atoms with Gasteiger partial charge in [0, 0.05) is 11.3 Å². The van der Waals surface area contributed by atoms with E-state index in [0.717, 1.165) is 5.56 Å². The zero-order valence-electron chi connectivity index (χ0n) is 7.71. The van der Waals surface area contributed by atoms with Crippen molar-refractivity contribution >= 4 is 5.69 Å². The highest BCUT2D eigenvalue weighted by molar-refractivity contribution is 5.58. The van der Waals surface area contributed by atoms with Gasteiger partial charge in [0.15, 0.2) is 0 Å². The molecule has 2 rings (SSSR count). The van der Waals surface area contributed by atoms with Crippen molar-refractivity contribution in [2.75, 3.05) is 5.73 Å². The van der Waals surface area contributed by atoms with Gasteiger partial charge in [0.05, 0.1) is 5.69 Å². The number of aromatic nitrogens is 2. The number of aryl methyl sites for hydroxylation is 1. The fourth-order valence-corrected chi connectivity index (χ4v) is 1.22. The number of nitrogens with one attached hydrogen (secondary N) is 1. The molecule has 0 aliphatic carbocycles. The van der Waals surface area contributed by atoms with Crippen molar-refractivity contribution in [3.8, 4) is 11.4 Å². The first-order chi connectivity index (χ1) is 6.66. The van der Waals surface area contributed by atoms with Crippen LogP contribution < -0.4 is 5.73 Å². The Bertz CT molecular complexity index is 425. The maximum Gasteiger partial charge on any atom is 0.234 e. The van der Waals surface area contributed by atoms with Crippen LogP contribution in [0.3, 0.4) is 0 Å². The molecule has 3 nitrogen and oxygen atoms in total. The standard InChI is InChI=1S/C10H10FN3/c1-6-9(11)14-10(13-6)7-2-4-8(12)5-3-7/h2-5H,12H2,1H3,(H,13,14). The summed E-state index contributed by atoms with van der Waals surface area (Å²) in [5, 5.41) is 0. The molecular weight excluding hydrogens is 181 g/mol. The third-order valence-corrected chi connectivity index (χ3v) is 2.01. The molecule has 3 N–H and O–H groups in total. The number of benzene rings is 1. The van der Waals surface area contributed by atoms with E-state index in [1.165, 1.54) is 0 Å². The second kappa shape index (κ2) is 3.14. The number of nitrogen functional groups attached to an aromatic ring is 1. The van der Waals surface area contributed by atoms with Gasteiger partial charge in [0.2, 0.25) is 5.95 Å². The molecule has 0 aliphatic rings. The molecule has 0 saturated heterocycles. The molecule has 0 radical (unpaired) electrons. The van der Waals surface area contributed by atoms with Crippen molar-refractivity contribution in [3.63, 3.8) is 0 Å². The van der Waals surface area contributed by atoms with Crippen LogP contribution in [0.4, 0.5) is 10.1 Å². The Morgan fingerprint density at radius 2 is 1.93 bits per heavy atom. The number of halogens is 1. The summed E-state index contributed by atoms with van der Waals surface area (Å²) in [6.45, 7) is 1.64. The number of H-pyrrole nitrogens is 1. The van der Waals surface area contributed by atoms with Gasteiger partial charge in [0.25, 0.3) is 0 Å². The predicted molar refractivity (Wildman–Crippen MR) is 53.1 cm³/mol. The molecule has 0 unspecified atom stereocenters. The van der Waals surface area contributed by atoms with Crippen molar-refractivity contribution in [2.45, 2.75) is 6.92 Å². The Kier molecular flexibility index (Phi) is 1.96. The first kappa shape index (κ1) is 8.74. The van der Waals surface area contributed by atoms with Crippen LogP contribution in [-0.4, -0.2) is 9.97 Å². The lowest BCUT2D eigenvalue weighted by molar-refractivity contribution is 0.582. The van der Waals surface area contributed by atoms with Crippen molar-refractivity contribution in [1.82, 2.24) is 9.97 Å². The molecular formula is C10H10FN3. The fraction of sp³-hybridized carbons (Fsp3) is 0.100. The van der Waals surface area contributed by atoms with Gasteiger partial charge in [-0.25, -0.2) is 4.98 Å². The minimum atomic E-state index is -0.461. The second-order valence-electron chi connectivity index (χ2n) is 3.12. The topological polar surface area (TPSA) is 54.7 Å². The highest BCUT2D eigenvalue weighted by atomic mass is 19.1. The van der Waals surface area contributed by atoms with E-state index in [1.54, 1.807) is 31.2 Å². The Hall–Kier alpha value is -1.84. The molecule has 4 heteroatoms.